The lowest BCUT2D eigenvalue weighted by atomic mass is 10.3. The van der Waals surface area contributed by atoms with Crippen LogP contribution in [0.4, 0.5) is 0 Å². The Morgan fingerprint density at radius 2 is 2.47 bits per heavy atom. The molecule has 0 aliphatic carbocycles. The minimum atomic E-state index is -0.438. The quantitative estimate of drug-likeness (QED) is 0.759. The van der Waals surface area contributed by atoms with Crippen LogP contribution in [-0.2, 0) is 11.3 Å². The first-order valence-electron chi connectivity index (χ1n) is 5.39. The first-order valence-corrected chi connectivity index (χ1v) is 5.39. The van der Waals surface area contributed by atoms with Gasteiger partial charge in [-0.3, -0.25) is 4.68 Å². The van der Waals surface area contributed by atoms with Crippen LogP contribution in [0.2, 0.25) is 0 Å². The second-order valence-corrected chi connectivity index (χ2v) is 3.88. The molecule has 2 heterocycles. The van der Waals surface area contributed by atoms with Crippen molar-refractivity contribution in [2.75, 3.05) is 0 Å². The molecular weight excluding hydrogens is 220 g/mol. The van der Waals surface area contributed by atoms with Gasteiger partial charge in [-0.2, -0.15) is 5.10 Å². The summed E-state index contributed by atoms with van der Waals surface area (Å²) in [5.41, 5.74) is 0.779. The molecule has 0 bridgehead atoms. The van der Waals surface area contributed by atoms with Crippen molar-refractivity contribution in [2.45, 2.75) is 26.5 Å². The maximum atomic E-state index is 11.7. The second-order valence-electron chi connectivity index (χ2n) is 3.88. The number of rotatable bonds is 4. The Kier molecular flexibility index (Phi) is 3.27. The zero-order chi connectivity index (χ0) is 12.3. The minimum Gasteiger partial charge on any atom is -0.457 e. The van der Waals surface area contributed by atoms with Crippen LogP contribution < -0.4 is 0 Å². The van der Waals surface area contributed by atoms with E-state index < -0.39 is 5.97 Å². The van der Waals surface area contributed by atoms with Gasteiger partial charge in [-0.05, 0) is 26.0 Å². The molecule has 5 heteroatoms. The van der Waals surface area contributed by atoms with E-state index in [2.05, 4.69) is 5.10 Å². The third kappa shape index (κ3) is 2.75. The lowest BCUT2D eigenvalue weighted by Gasteiger charge is -2.12. The fraction of sp³-hybridized carbons (Fsp3) is 0.333. The molecule has 2 aromatic rings. The number of hydrogen-bond donors (Lipinski definition) is 0. The highest BCUT2D eigenvalue weighted by atomic mass is 16.6. The predicted octanol–water partition coefficient (Wildman–Crippen LogP) is 2.03. The van der Waals surface area contributed by atoms with Crippen molar-refractivity contribution in [1.29, 1.82) is 0 Å². The molecule has 2 aromatic heterocycles. The molecule has 5 nitrogen and oxygen atoms in total. The highest BCUT2D eigenvalue weighted by molar-refractivity contribution is 5.87. The topological polar surface area (TPSA) is 57.3 Å². The smallest absolute Gasteiger partial charge is 0.374 e. The van der Waals surface area contributed by atoms with E-state index >= 15 is 0 Å². The number of aryl methyl sites for hydroxylation is 1. The Bertz CT molecular complexity index is 488. The average molecular weight is 234 g/mol. The molecule has 0 spiro atoms. The third-order valence-electron chi connectivity index (χ3n) is 2.36. The zero-order valence-corrected chi connectivity index (χ0v) is 9.79. The van der Waals surface area contributed by atoms with Crippen LogP contribution in [0, 0.1) is 6.92 Å². The molecule has 1 atom stereocenters. The fourth-order valence-corrected chi connectivity index (χ4v) is 1.53. The predicted molar refractivity (Wildman–Crippen MR) is 60.5 cm³/mol. The second kappa shape index (κ2) is 4.86. The van der Waals surface area contributed by atoms with Crippen molar-refractivity contribution in [3.63, 3.8) is 0 Å². The summed E-state index contributed by atoms with van der Waals surface area (Å²) in [7, 11) is 0. The molecule has 0 fully saturated rings. The first-order chi connectivity index (χ1) is 8.16. The number of carbonyl (C=O) groups is 1. The Morgan fingerprint density at radius 1 is 1.65 bits per heavy atom. The molecule has 0 N–H and O–H groups in total. The van der Waals surface area contributed by atoms with Crippen LogP contribution >= 0.6 is 0 Å². The molecular formula is C12H14N2O3. The average Bonchev–Trinajstić information content (AvgIpc) is 2.88. The van der Waals surface area contributed by atoms with E-state index in [1.165, 1.54) is 6.26 Å². The number of aromatic nitrogens is 2. The standard InChI is InChI=1S/C12H14N2O3/c1-9-4-7-16-11(9)12(15)17-10(2)8-14-6-3-5-13-14/h3-7,10H,8H2,1-2H3/t10-/m0/s1. The first kappa shape index (κ1) is 11.4. The normalized spacial score (nSPS) is 12.4. The molecule has 17 heavy (non-hydrogen) atoms. The third-order valence-corrected chi connectivity index (χ3v) is 2.36. The van der Waals surface area contributed by atoms with Gasteiger partial charge in [-0.1, -0.05) is 0 Å². The van der Waals surface area contributed by atoms with E-state index in [1.807, 2.05) is 19.2 Å². The minimum absolute atomic E-state index is 0.258. The molecule has 2 rings (SSSR count). The highest BCUT2D eigenvalue weighted by Gasteiger charge is 2.17. The van der Waals surface area contributed by atoms with E-state index in [4.69, 9.17) is 9.15 Å². The Labute approximate surface area is 99.0 Å². The van der Waals surface area contributed by atoms with Crippen LogP contribution in [0.3, 0.4) is 0 Å². The van der Waals surface area contributed by atoms with Gasteiger partial charge in [0.05, 0.1) is 12.8 Å². The summed E-state index contributed by atoms with van der Waals surface area (Å²) in [5, 5.41) is 4.05. The molecule has 0 aliphatic heterocycles. The lowest BCUT2D eigenvalue weighted by molar-refractivity contribution is 0.0262. The van der Waals surface area contributed by atoms with Crippen LogP contribution in [0.1, 0.15) is 23.0 Å². The molecule has 0 aliphatic rings. The van der Waals surface area contributed by atoms with Gasteiger partial charge in [0.1, 0.15) is 6.10 Å². The molecule has 0 amide bonds. The highest BCUT2D eigenvalue weighted by Crippen LogP contribution is 2.11. The summed E-state index contributed by atoms with van der Waals surface area (Å²) < 4.78 is 12.0. The number of ether oxygens (including phenoxy) is 1. The lowest BCUT2D eigenvalue weighted by Crippen LogP contribution is -2.21. The number of esters is 1. The largest absolute Gasteiger partial charge is 0.457 e. The molecule has 0 unspecified atom stereocenters. The maximum absolute atomic E-state index is 11.7. The van der Waals surface area contributed by atoms with Crippen LogP contribution in [-0.4, -0.2) is 21.9 Å². The Hall–Kier alpha value is -2.04. The van der Waals surface area contributed by atoms with Gasteiger partial charge in [0.15, 0.2) is 0 Å². The molecule has 0 saturated carbocycles. The molecule has 0 saturated heterocycles. The summed E-state index contributed by atoms with van der Waals surface area (Å²) in [4.78, 5) is 11.7. The Morgan fingerprint density at radius 3 is 3.06 bits per heavy atom. The Balaban J connectivity index is 1.93. The van der Waals surface area contributed by atoms with Crippen molar-refractivity contribution in [3.8, 4) is 0 Å². The summed E-state index contributed by atoms with van der Waals surface area (Å²) in [6, 6.07) is 3.56. The van der Waals surface area contributed by atoms with E-state index in [0.717, 1.165) is 5.56 Å². The van der Waals surface area contributed by atoms with Gasteiger partial charge in [0.2, 0.25) is 5.76 Å². The van der Waals surface area contributed by atoms with Crippen molar-refractivity contribution in [1.82, 2.24) is 9.78 Å². The maximum Gasteiger partial charge on any atom is 0.374 e. The summed E-state index contributed by atoms with van der Waals surface area (Å²) in [6.07, 6.45) is 4.73. The van der Waals surface area contributed by atoms with Crippen molar-refractivity contribution in [2.24, 2.45) is 0 Å². The van der Waals surface area contributed by atoms with Crippen molar-refractivity contribution < 1.29 is 13.9 Å². The van der Waals surface area contributed by atoms with Crippen LogP contribution in [0.15, 0.2) is 35.2 Å². The summed E-state index contributed by atoms with van der Waals surface area (Å²) >= 11 is 0. The van der Waals surface area contributed by atoms with E-state index in [9.17, 15) is 4.79 Å². The van der Waals surface area contributed by atoms with Gasteiger partial charge in [-0.25, -0.2) is 4.79 Å². The zero-order valence-electron chi connectivity index (χ0n) is 9.79. The fourth-order valence-electron chi connectivity index (χ4n) is 1.53. The van der Waals surface area contributed by atoms with E-state index in [0.29, 0.717) is 6.54 Å². The number of furan rings is 1. The number of nitrogens with zero attached hydrogens (tertiary/aromatic N) is 2. The van der Waals surface area contributed by atoms with E-state index in [1.54, 1.807) is 23.9 Å². The summed E-state index contributed by atoms with van der Waals surface area (Å²) in [5.74, 6) is -0.176. The van der Waals surface area contributed by atoms with Gasteiger partial charge in [0.25, 0.3) is 0 Å². The monoisotopic (exact) mass is 234 g/mol. The van der Waals surface area contributed by atoms with Crippen LogP contribution in [0.25, 0.3) is 0 Å². The molecule has 0 radical (unpaired) electrons. The van der Waals surface area contributed by atoms with Crippen LogP contribution in [0.5, 0.6) is 0 Å². The van der Waals surface area contributed by atoms with Gasteiger partial charge in [-0.15, -0.1) is 0 Å². The SMILES string of the molecule is Cc1ccoc1C(=O)O[C@@H](C)Cn1cccn1. The number of hydrogen-bond acceptors (Lipinski definition) is 4. The summed E-state index contributed by atoms with van der Waals surface area (Å²) in [6.45, 7) is 4.15. The van der Waals surface area contributed by atoms with Gasteiger partial charge >= 0.3 is 5.97 Å². The molecule has 0 aromatic carbocycles. The van der Waals surface area contributed by atoms with Gasteiger partial charge < -0.3 is 9.15 Å². The number of carbonyl (C=O) groups excluding carboxylic acids is 1. The molecule has 90 valence electrons. The van der Waals surface area contributed by atoms with Crippen molar-refractivity contribution in [3.05, 3.63) is 42.1 Å². The van der Waals surface area contributed by atoms with Gasteiger partial charge in [0, 0.05) is 18.0 Å². The van der Waals surface area contributed by atoms with E-state index in [-0.39, 0.29) is 11.9 Å². The van der Waals surface area contributed by atoms with Crippen molar-refractivity contribution >= 4 is 5.97 Å².